The molecule has 33 heavy (non-hydrogen) atoms. The molecular weight excluding hydrogens is 446 g/mol. The number of hydrogen-bond acceptors (Lipinski definition) is 7. The van der Waals surface area contributed by atoms with Gasteiger partial charge in [0.15, 0.2) is 0 Å². The summed E-state index contributed by atoms with van der Waals surface area (Å²) in [5, 5.41) is 12.5. The van der Waals surface area contributed by atoms with Gasteiger partial charge in [-0.1, -0.05) is 23.5 Å². The molecule has 2 fully saturated rings. The number of carbonyl (C=O) groups is 2. The second-order valence-electron chi connectivity index (χ2n) is 8.63. The molecule has 9 nitrogen and oxygen atoms in total. The number of carbonyl (C=O) groups excluding carboxylic acids is 2. The number of nitro groups is 1. The van der Waals surface area contributed by atoms with Crippen LogP contribution in [0.1, 0.15) is 35.2 Å². The summed E-state index contributed by atoms with van der Waals surface area (Å²) in [6, 6.07) is 7.55. The van der Waals surface area contributed by atoms with Crippen molar-refractivity contribution in [2.75, 3.05) is 40.4 Å². The van der Waals surface area contributed by atoms with E-state index < -0.39 is 4.92 Å². The molecule has 4 rings (SSSR count). The molecule has 0 N–H and O–H groups in total. The number of likely N-dealkylation sites (tertiary alicyclic amines) is 2. The zero-order valence-electron chi connectivity index (χ0n) is 18.7. The summed E-state index contributed by atoms with van der Waals surface area (Å²) in [7, 11) is 2.95. The van der Waals surface area contributed by atoms with Gasteiger partial charge in [0.1, 0.15) is 5.75 Å². The van der Waals surface area contributed by atoms with Crippen LogP contribution >= 0.6 is 11.3 Å². The summed E-state index contributed by atoms with van der Waals surface area (Å²) in [5.41, 5.74) is 1.16. The van der Waals surface area contributed by atoms with Crippen molar-refractivity contribution in [2.45, 2.75) is 25.7 Å². The molecule has 0 aliphatic carbocycles. The lowest BCUT2D eigenvalue weighted by Crippen LogP contribution is -2.45. The van der Waals surface area contributed by atoms with Crippen LogP contribution in [-0.4, -0.2) is 66.9 Å². The number of piperidine rings is 1. The molecule has 0 radical (unpaired) electrons. The largest absolute Gasteiger partial charge is 0.497 e. The number of rotatable bonds is 6. The van der Waals surface area contributed by atoms with Gasteiger partial charge >= 0.3 is 5.00 Å². The molecule has 176 valence electrons. The Kier molecular flexibility index (Phi) is 6.55. The number of benzene rings is 1. The van der Waals surface area contributed by atoms with Crippen LogP contribution in [0.25, 0.3) is 0 Å². The topological polar surface area (TPSA) is 102 Å². The highest BCUT2D eigenvalue weighted by molar-refractivity contribution is 7.14. The molecule has 2 aliphatic heterocycles. The number of nitrogens with zero attached hydrogens (tertiary/aromatic N) is 3. The predicted octanol–water partition coefficient (Wildman–Crippen LogP) is 3.37. The number of thiophene rings is 1. The molecule has 2 aromatic rings. The van der Waals surface area contributed by atoms with Crippen LogP contribution < -0.4 is 9.47 Å². The van der Waals surface area contributed by atoms with Crippen molar-refractivity contribution in [3.05, 3.63) is 50.9 Å². The first-order chi connectivity index (χ1) is 15.9. The molecule has 0 unspecified atom stereocenters. The fourth-order valence-electron chi connectivity index (χ4n) is 4.79. The molecule has 10 heteroatoms. The third kappa shape index (κ3) is 4.66. The smallest absolute Gasteiger partial charge is 0.366 e. The van der Waals surface area contributed by atoms with Gasteiger partial charge in [-0.15, -0.1) is 0 Å². The molecule has 2 amide bonds. The molecule has 0 saturated carbocycles. The molecule has 0 atom stereocenters. The summed E-state index contributed by atoms with van der Waals surface area (Å²) >= 11 is 0.906. The quantitative estimate of drug-likeness (QED) is 0.471. The van der Waals surface area contributed by atoms with Gasteiger partial charge in [0.25, 0.3) is 5.91 Å². The van der Waals surface area contributed by atoms with Gasteiger partial charge < -0.3 is 19.3 Å². The second-order valence-corrected chi connectivity index (χ2v) is 9.49. The number of ether oxygens (including phenoxy) is 2. The van der Waals surface area contributed by atoms with Crippen LogP contribution in [0.15, 0.2) is 29.6 Å². The van der Waals surface area contributed by atoms with Crippen molar-refractivity contribution >= 4 is 28.2 Å². The molecule has 1 aromatic carbocycles. The van der Waals surface area contributed by atoms with Gasteiger partial charge in [0.2, 0.25) is 11.7 Å². The summed E-state index contributed by atoms with van der Waals surface area (Å²) in [4.78, 5) is 40.2. The van der Waals surface area contributed by atoms with Crippen LogP contribution in [0.4, 0.5) is 5.00 Å². The Morgan fingerprint density at radius 1 is 1.12 bits per heavy atom. The summed E-state index contributed by atoms with van der Waals surface area (Å²) in [6.07, 6.45) is 2.87. The first-order valence-electron chi connectivity index (χ1n) is 10.9. The average Bonchev–Trinajstić information content (AvgIpc) is 3.44. The summed E-state index contributed by atoms with van der Waals surface area (Å²) in [6.45, 7) is 2.52. The van der Waals surface area contributed by atoms with Crippen LogP contribution in [0.2, 0.25) is 0 Å². The number of amides is 2. The Morgan fingerprint density at radius 2 is 1.82 bits per heavy atom. The van der Waals surface area contributed by atoms with Crippen molar-refractivity contribution in [1.82, 2.24) is 9.80 Å². The van der Waals surface area contributed by atoms with E-state index in [0.29, 0.717) is 32.6 Å². The van der Waals surface area contributed by atoms with Crippen LogP contribution in [0, 0.1) is 15.5 Å². The maximum absolute atomic E-state index is 13.1. The van der Waals surface area contributed by atoms with Crippen molar-refractivity contribution in [3.63, 3.8) is 0 Å². The zero-order chi connectivity index (χ0) is 23.6. The van der Waals surface area contributed by atoms with E-state index in [-0.39, 0.29) is 33.5 Å². The molecule has 1 aromatic heterocycles. The minimum Gasteiger partial charge on any atom is -0.497 e. The van der Waals surface area contributed by atoms with E-state index in [1.807, 2.05) is 29.2 Å². The summed E-state index contributed by atoms with van der Waals surface area (Å²) < 4.78 is 10.4. The Bertz CT molecular complexity index is 1060. The van der Waals surface area contributed by atoms with E-state index in [1.54, 1.807) is 12.0 Å². The van der Waals surface area contributed by atoms with Crippen molar-refractivity contribution in [1.29, 1.82) is 0 Å². The fraction of sp³-hybridized carbons (Fsp3) is 0.478. The standard InChI is InChI=1S/C23H27N3O6S/c1-31-17-5-3-4-16(12-17)13-19(27)24-9-6-23(7-10-24)8-11-25(15-23)21(28)18-14-33-22(26(29)30)20(18)32-2/h3-5,12,14H,6-11,13,15H2,1-2H3. The average molecular weight is 474 g/mol. The van der Waals surface area contributed by atoms with E-state index >= 15 is 0 Å². The Hall–Kier alpha value is -3.14. The minimum absolute atomic E-state index is 0.0163. The van der Waals surface area contributed by atoms with Crippen LogP contribution in [0.3, 0.4) is 0 Å². The second kappa shape index (κ2) is 9.38. The van der Waals surface area contributed by atoms with Gasteiger partial charge in [-0.05, 0) is 42.4 Å². The Morgan fingerprint density at radius 3 is 2.45 bits per heavy atom. The lowest BCUT2D eigenvalue weighted by molar-refractivity contribution is -0.381. The predicted molar refractivity (Wildman–Crippen MR) is 123 cm³/mol. The first kappa shape index (κ1) is 23.0. The van der Waals surface area contributed by atoms with Crippen molar-refractivity contribution in [2.24, 2.45) is 5.41 Å². The Labute approximate surface area is 196 Å². The lowest BCUT2D eigenvalue weighted by atomic mass is 9.77. The van der Waals surface area contributed by atoms with E-state index in [4.69, 9.17) is 9.47 Å². The van der Waals surface area contributed by atoms with Gasteiger partial charge in [-0.2, -0.15) is 0 Å². The fourth-order valence-corrected chi connectivity index (χ4v) is 5.62. The van der Waals surface area contributed by atoms with Gasteiger partial charge in [0.05, 0.1) is 31.1 Å². The maximum atomic E-state index is 13.1. The third-order valence-corrected chi connectivity index (χ3v) is 7.63. The molecule has 1 spiro atoms. The highest BCUT2D eigenvalue weighted by Gasteiger charge is 2.43. The third-order valence-electron chi connectivity index (χ3n) is 6.72. The number of hydrogen-bond donors (Lipinski definition) is 0. The molecule has 3 heterocycles. The number of methoxy groups -OCH3 is 2. The Balaban J connectivity index is 1.35. The van der Waals surface area contributed by atoms with Crippen LogP contribution in [0.5, 0.6) is 11.5 Å². The van der Waals surface area contributed by atoms with E-state index in [0.717, 1.165) is 41.9 Å². The van der Waals surface area contributed by atoms with E-state index in [1.165, 1.54) is 12.5 Å². The van der Waals surface area contributed by atoms with Crippen molar-refractivity contribution in [3.8, 4) is 11.5 Å². The van der Waals surface area contributed by atoms with E-state index in [9.17, 15) is 19.7 Å². The minimum atomic E-state index is -0.524. The monoisotopic (exact) mass is 473 g/mol. The van der Waals surface area contributed by atoms with E-state index in [2.05, 4.69) is 0 Å². The van der Waals surface area contributed by atoms with Gasteiger partial charge in [0, 0.05) is 31.6 Å². The lowest BCUT2D eigenvalue weighted by Gasteiger charge is -2.39. The maximum Gasteiger partial charge on any atom is 0.366 e. The zero-order valence-corrected chi connectivity index (χ0v) is 19.6. The SMILES string of the molecule is COc1cccc(CC(=O)N2CCC3(CC2)CCN(C(=O)c2csc([N+](=O)[O-])c2OC)C3)c1. The molecule has 2 saturated heterocycles. The summed E-state index contributed by atoms with van der Waals surface area (Å²) in [5.74, 6) is 0.638. The van der Waals surface area contributed by atoms with Gasteiger partial charge in [-0.3, -0.25) is 19.7 Å². The highest BCUT2D eigenvalue weighted by Crippen LogP contribution is 2.43. The highest BCUT2D eigenvalue weighted by atomic mass is 32.1. The molecule has 2 aliphatic rings. The van der Waals surface area contributed by atoms with Crippen molar-refractivity contribution < 1.29 is 24.0 Å². The molecular formula is C23H27N3O6S. The van der Waals surface area contributed by atoms with Gasteiger partial charge in [-0.25, -0.2) is 0 Å². The normalized spacial score (nSPS) is 17.3. The molecule has 0 bridgehead atoms. The first-order valence-corrected chi connectivity index (χ1v) is 11.7. The van der Waals surface area contributed by atoms with Crippen LogP contribution in [-0.2, 0) is 11.2 Å².